The number of ether oxygens (including phenoxy) is 1. The average Bonchev–Trinajstić information content (AvgIpc) is 3.04. The lowest BCUT2D eigenvalue weighted by Gasteiger charge is -2.14. The minimum Gasteiger partial charge on any atom is -0.497 e. The molecule has 3 aromatic carbocycles. The number of imide groups is 1. The molecule has 9 heteroatoms. The van der Waals surface area contributed by atoms with Gasteiger partial charge in [0.1, 0.15) is 11.3 Å². The molecular formula is C22H15N3O6. The Morgan fingerprint density at radius 1 is 1.00 bits per heavy atom. The summed E-state index contributed by atoms with van der Waals surface area (Å²) >= 11 is 0. The first-order valence-corrected chi connectivity index (χ1v) is 9.12. The van der Waals surface area contributed by atoms with Crippen molar-refractivity contribution < 1.29 is 24.0 Å². The van der Waals surface area contributed by atoms with Crippen LogP contribution in [-0.4, -0.2) is 29.8 Å². The van der Waals surface area contributed by atoms with Gasteiger partial charge in [-0.3, -0.25) is 24.5 Å². The molecule has 1 aliphatic rings. The summed E-state index contributed by atoms with van der Waals surface area (Å²) < 4.78 is 5.12. The number of nitrogens with one attached hydrogen (secondary N) is 1. The third kappa shape index (κ3) is 3.48. The van der Waals surface area contributed by atoms with Crippen molar-refractivity contribution in [3.8, 4) is 5.75 Å². The Bertz CT molecular complexity index is 1240. The Morgan fingerprint density at radius 2 is 1.71 bits per heavy atom. The van der Waals surface area contributed by atoms with Crippen molar-refractivity contribution in [1.29, 1.82) is 0 Å². The molecule has 4 rings (SSSR count). The minimum absolute atomic E-state index is 0.0287. The summed E-state index contributed by atoms with van der Waals surface area (Å²) in [5.41, 5.74) is 0.359. The van der Waals surface area contributed by atoms with Crippen LogP contribution in [0.5, 0.6) is 5.75 Å². The zero-order valence-corrected chi connectivity index (χ0v) is 16.2. The molecule has 1 aliphatic heterocycles. The molecule has 3 aromatic rings. The number of rotatable bonds is 5. The van der Waals surface area contributed by atoms with Gasteiger partial charge in [0.15, 0.2) is 0 Å². The molecule has 0 aromatic heterocycles. The maximum absolute atomic E-state index is 12.8. The van der Waals surface area contributed by atoms with Crippen LogP contribution in [0.2, 0.25) is 0 Å². The van der Waals surface area contributed by atoms with E-state index >= 15 is 0 Å². The number of anilines is 2. The fourth-order valence-corrected chi connectivity index (χ4v) is 3.32. The molecule has 1 N–H and O–H groups in total. The molecular weight excluding hydrogens is 402 g/mol. The van der Waals surface area contributed by atoms with Crippen LogP contribution >= 0.6 is 0 Å². The highest BCUT2D eigenvalue weighted by atomic mass is 16.6. The molecule has 0 unspecified atom stereocenters. The van der Waals surface area contributed by atoms with Gasteiger partial charge in [-0.25, -0.2) is 4.90 Å². The van der Waals surface area contributed by atoms with Crippen molar-refractivity contribution in [3.63, 3.8) is 0 Å². The SMILES string of the molecule is COc1cccc(NC(=O)c2ccc(N3C(=O)c4cccc([N+](=O)[O-])c4C3=O)cc2)c1. The second-order valence-corrected chi connectivity index (χ2v) is 6.64. The summed E-state index contributed by atoms with van der Waals surface area (Å²) in [5, 5.41) is 14.0. The maximum atomic E-state index is 12.8. The van der Waals surface area contributed by atoms with Gasteiger partial charge in [-0.15, -0.1) is 0 Å². The molecule has 0 saturated heterocycles. The van der Waals surface area contributed by atoms with Crippen LogP contribution in [0, 0.1) is 10.1 Å². The van der Waals surface area contributed by atoms with E-state index in [-0.39, 0.29) is 16.8 Å². The van der Waals surface area contributed by atoms with Crippen molar-refractivity contribution in [2.75, 3.05) is 17.3 Å². The fourth-order valence-electron chi connectivity index (χ4n) is 3.32. The smallest absolute Gasteiger partial charge is 0.283 e. The van der Waals surface area contributed by atoms with E-state index in [1.54, 1.807) is 24.3 Å². The Kier molecular flexibility index (Phi) is 4.92. The normalized spacial score (nSPS) is 12.5. The van der Waals surface area contributed by atoms with E-state index in [1.165, 1.54) is 49.6 Å². The van der Waals surface area contributed by atoms with Crippen LogP contribution in [0.3, 0.4) is 0 Å². The molecule has 154 valence electrons. The van der Waals surface area contributed by atoms with E-state index in [1.807, 2.05) is 0 Å². The molecule has 0 spiro atoms. The van der Waals surface area contributed by atoms with Crippen LogP contribution in [-0.2, 0) is 0 Å². The predicted octanol–water partition coefficient (Wildman–Crippen LogP) is 3.66. The van der Waals surface area contributed by atoms with E-state index < -0.39 is 28.3 Å². The Morgan fingerprint density at radius 3 is 2.39 bits per heavy atom. The summed E-state index contributed by atoms with van der Waals surface area (Å²) in [6, 6.07) is 16.6. The molecule has 31 heavy (non-hydrogen) atoms. The number of hydrogen-bond donors (Lipinski definition) is 1. The number of methoxy groups -OCH3 is 1. The van der Waals surface area contributed by atoms with Crippen LogP contribution in [0.25, 0.3) is 0 Å². The van der Waals surface area contributed by atoms with Crippen molar-refractivity contribution in [2.45, 2.75) is 0 Å². The number of hydrogen-bond acceptors (Lipinski definition) is 6. The van der Waals surface area contributed by atoms with Gasteiger partial charge >= 0.3 is 0 Å². The molecule has 0 aliphatic carbocycles. The molecule has 3 amide bonds. The molecule has 1 heterocycles. The molecule has 0 bridgehead atoms. The van der Waals surface area contributed by atoms with Crippen molar-refractivity contribution in [2.24, 2.45) is 0 Å². The lowest BCUT2D eigenvalue weighted by atomic mass is 10.1. The first-order valence-electron chi connectivity index (χ1n) is 9.12. The van der Waals surface area contributed by atoms with Crippen LogP contribution in [0.4, 0.5) is 17.1 Å². The third-order valence-corrected chi connectivity index (χ3v) is 4.80. The van der Waals surface area contributed by atoms with Gasteiger partial charge in [0, 0.05) is 23.4 Å². The summed E-state index contributed by atoms with van der Waals surface area (Å²) in [5.74, 6) is -1.23. The van der Waals surface area contributed by atoms with Crippen LogP contribution < -0.4 is 15.0 Å². The summed E-state index contributed by atoms with van der Waals surface area (Å²) in [6.45, 7) is 0. The zero-order valence-electron chi connectivity index (χ0n) is 16.2. The molecule has 0 radical (unpaired) electrons. The first-order chi connectivity index (χ1) is 14.9. The van der Waals surface area contributed by atoms with E-state index in [0.717, 1.165) is 4.90 Å². The largest absolute Gasteiger partial charge is 0.497 e. The van der Waals surface area contributed by atoms with Gasteiger partial charge in [-0.05, 0) is 42.5 Å². The summed E-state index contributed by atoms with van der Waals surface area (Å²) in [4.78, 5) is 49.4. The van der Waals surface area contributed by atoms with Crippen LogP contribution in [0.15, 0.2) is 66.7 Å². The highest BCUT2D eigenvalue weighted by Crippen LogP contribution is 2.34. The second kappa shape index (κ2) is 7.71. The minimum atomic E-state index is -0.777. The van der Waals surface area contributed by atoms with Gasteiger partial charge in [0.05, 0.1) is 23.3 Å². The number of nitro benzene ring substituents is 1. The van der Waals surface area contributed by atoms with E-state index in [0.29, 0.717) is 17.0 Å². The van der Waals surface area contributed by atoms with Gasteiger partial charge in [0.2, 0.25) is 0 Å². The van der Waals surface area contributed by atoms with Gasteiger partial charge < -0.3 is 10.1 Å². The monoisotopic (exact) mass is 417 g/mol. The molecule has 0 atom stereocenters. The number of fused-ring (bicyclic) bond motifs is 1. The second-order valence-electron chi connectivity index (χ2n) is 6.64. The van der Waals surface area contributed by atoms with E-state index in [9.17, 15) is 24.5 Å². The predicted molar refractivity (Wildman–Crippen MR) is 112 cm³/mol. The van der Waals surface area contributed by atoms with Gasteiger partial charge in [0.25, 0.3) is 23.4 Å². The molecule has 0 saturated carbocycles. The number of benzene rings is 3. The Hall–Kier alpha value is -4.53. The highest BCUT2D eigenvalue weighted by molar-refractivity contribution is 6.35. The van der Waals surface area contributed by atoms with Gasteiger partial charge in [-0.1, -0.05) is 12.1 Å². The maximum Gasteiger partial charge on any atom is 0.283 e. The fraction of sp³-hybridized carbons (Fsp3) is 0.0455. The van der Waals surface area contributed by atoms with E-state index in [2.05, 4.69) is 5.32 Å². The lowest BCUT2D eigenvalue weighted by molar-refractivity contribution is -0.385. The first kappa shape index (κ1) is 19.8. The molecule has 9 nitrogen and oxygen atoms in total. The quantitative estimate of drug-likeness (QED) is 0.384. The standard InChI is InChI=1S/C22H15N3O6/c1-31-16-5-2-4-14(12-16)23-20(26)13-8-10-15(11-9-13)24-21(27)17-6-3-7-18(25(29)30)19(17)22(24)28/h2-12H,1H3,(H,23,26). The van der Waals surface area contributed by atoms with Gasteiger partial charge in [-0.2, -0.15) is 0 Å². The van der Waals surface area contributed by atoms with Crippen molar-refractivity contribution in [3.05, 3.63) is 93.5 Å². The number of carbonyl (C=O) groups excluding carboxylic acids is 3. The summed E-state index contributed by atoms with van der Waals surface area (Å²) in [6.07, 6.45) is 0. The zero-order chi connectivity index (χ0) is 22.1. The third-order valence-electron chi connectivity index (χ3n) is 4.80. The number of nitrogens with zero attached hydrogens (tertiary/aromatic N) is 2. The van der Waals surface area contributed by atoms with Crippen molar-refractivity contribution in [1.82, 2.24) is 0 Å². The van der Waals surface area contributed by atoms with E-state index in [4.69, 9.17) is 4.74 Å². The number of amides is 3. The highest BCUT2D eigenvalue weighted by Gasteiger charge is 2.41. The number of nitro groups is 1. The Labute approximate surface area is 176 Å². The Balaban J connectivity index is 1.58. The topological polar surface area (TPSA) is 119 Å². The summed E-state index contributed by atoms with van der Waals surface area (Å²) in [7, 11) is 1.52. The van der Waals surface area contributed by atoms with Crippen LogP contribution in [0.1, 0.15) is 31.1 Å². The lowest BCUT2D eigenvalue weighted by Crippen LogP contribution is -2.29. The molecule has 0 fully saturated rings. The average molecular weight is 417 g/mol. The number of carbonyl (C=O) groups is 3. The van der Waals surface area contributed by atoms with Crippen molar-refractivity contribution >= 4 is 34.8 Å².